The van der Waals surface area contributed by atoms with Crippen molar-refractivity contribution in [1.82, 2.24) is 5.32 Å². The fourth-order valence-corrected chi connectivity index (χ4v) is 5.70. The van der Waals surface area contributed by atoms with E-state index in [4.69, 9.17) is 0 Å². The van der Waals surface area contributed by atoms with Crippen LogP contribution in [0.5, 0.6) is 0 Å². The zero-order valence-electron chi connectivity index (χ0n) is 18.2. The van der Waals surface area contributed by atoms with Gasteiger partial charge in [-0.25, -0.2) is 0 Å². The van der Waals surface area contributed by atoms with Crippen molar-refractivity contribution in [3.05, 3.63) is 86.6 Å². The van der Waals surface area contributed by atoms with E-state index in [9.17, 15) is 14.9 Å². The molecule has 0 aliphatic carbocycles. The van der Waals surface area contributed by atoms with Gasteiger partial charge < -0.3 is 15.1 Å². The number of nitro benzene ring substituents is 1. The predicted molar refractivity (Wildman–Crippen MR) is 131 cm³/mol. The van der Waals surface area contributed by atoms with Crippen molar-refractivity contribution in [2.45, 2.75) is 18.9 Å². The Morgan fingerprint density at radius 3 is 2.73 bits per heavy atom. The number of para-hydroxylation sites is 1. The van der Waals surface area contributed by atoms with Crippen LogP contribution in [-0.4, -0.2) is 43.1 Å². The fourth-order valence-electron chi connectivity index (χ4n) is 4.99. The SMILES string of the molecule is O=C(NCCc1cccs1)[C@@H]1Cc2cc([N+](=O)[O-])ccc2N2CCN(c3ccccc3)C[C@@H]12. The van der Waals surface area contributed by atoms with E-state index in [0.29, 0.717) is 13.0 Å². The van der Waals surface area contributed by atoms with Crippen molar-refractivity contribution in [2.24, 2.45) is 5.92 Å². The maximum absolute atomic E-state index is 13.4. The molecular formula is C25H26N4O3S. The number of thiophene rings is 1. The smallest absolute Gasteiger partial charge is 0.269 e. The Bertz CT molecular complexity index is 1140. The topological polar surface area (TPSA) is 78.7 Å². The molecule has 2 aromatic carbocycles. The van der Waals surface area contributed by atoms with Crippen LogP contribution in [0.25, 0.3) is 0 Å². The number of amides is 1. The number of hydrogen-bond donors (Lipinski definition) is 1. The van der Waals surface area contributed by atoms with E-state index >= 15 is 0 Å². The summed E-state index contributed by atoms with van der Waals surface area (Å²) in [6.07, 6.45) is 1.31. The molecule has 0 saturated carbocycles. The van der Waals surface area contributed by atoms with Gasteiger partial charge in [0.2, 0.25) is 5.91 Å². The summed E-state index contributed by atoms with van der Waals surface area (Å²) < 4.78 is 0. The van der Waals surface area contributed by atoms with Gasteiger partial charge in [-0.05, 0) is 48.1 Å². The highest BCUT2D eigenvalue weighted by molar-refractivity contribution is 7.09. The highest BCUT2D eigenvalue weighted by Crippen LogP contribution is 2.38. The molecule has 3 heterocycles. The number of rotatable bonds is 6. The molecule has 33 heavy (non-hydrogen) atoms. The zero-order valence-corrected chi connectivity index (χ0v) is 19.0. The van der Waals surface area contributed by atoms with Crippen molar-refractivity contribution < 1.29 is 9.72 Å². The van der Waals surface area contributed by atoms with Crippen LogP contribution in [0.3, 0.4) is 0 Å². The van der Waals surface area contributed by atoms with E-state index in [1.54, 1.807) is 23.5 Å². The standard InChI is InChI=1S/C25H26N4O3S/c30-25(26-11-10-21-7-4-14-33-21)22-16-18-15-20(29(31)32)8-9-23(18)28-13-12-27(17-24(22)28)19-5-2-1-3-6-19/h1-9,14-15,22,24H,10-13,16-17H2,(H,26,30)/t22-,24+/m1/s1. The third-order valence-electron chi connectivity index (χ3n) is 6.62. The maximum atomic E-state index is 13.4. The molecule has 0 unspecified atom stereocenters. The molecule has 5 rings (SSSR count). The number of hydrogen-bond acceptors (Lipinski definition) is 6. The highest BCUT2D eigenvalue weighted by atomic mass is 32.1. The average Bonchev–Trinajstić information content (AvgIpc) is 3.36. The van der Waals surface area contributed by atoms with Crippen molar-refractivity contribution >= 4 is 34.3 Å². The number of non-ortho nitro benzene ring substituents is 1. The molecule has 8 heteroatoms. The molecule has 0 bridgehead atoms. The number of nitrogens with zero attached hydrogens (tertiary/aromatic N) is 3. The minimum absolute atomic E-state index is 0.00894. The third-order valence-corrected chi connectivity index (χ3v) is 7.55. The molecule has 1 saturated heterocycles. The molecular weight excluding hydrogens is 436 g/mol. The molecule has 170 valence electrons. The number of anilines is 2. The van der Waals surface area contributed by atoms with Crippen molar-refractivity contribution in [3.8, 4) is 0 Å². The molecule has 1 amide bonds. The van der Waals surface area contributed by atoms with Gasteiger partial charge in [0.15, 0.2) is 0 Å². The van der Waals surface area contributed by atoms with E-state index in [1.165, 1.54) is 4.88 Å². The lowest BCUT2D eigenvalue weighted by atomic mass is 9.83. The van der Waals surface area contributed by atoms with Gasteiger partial charge in [0.05, 0.1) is 16.9 Å². The quantitative estimate of drug-likeness (QED) is 0.444. The summed E-state index contributed by atoms with van der Waals surface area (Å²) in [4.78, 5) is 30.2. The first-order valence-corrected chi connectivity index (χ1v) is 12.1. The summed E-state index contributed by atoms with van der Waals surface area (Å²) >= 11 is 1.69. The molecule has 0 radical (unpaired) electrons. The number of benzene rings is 2. The highest BCUT2D eigenvalue weighted by Gasteiger charge is 2.42. The summed E-state index contributed by atoms with van der Waals surface area (Å²) in [5.41, 5.74) is 3.13. The second-order valence-corrected chi connectivity index (χ2v) is 9.58. The van der Waals surface area contributed by atoms with Crippen LogP contribution in [0.4, 0.5) is 17.1 Å². The van der Waals surface area contributed by atoms with Crippen molar-refractivity contribution in [3.63, 3.8) is 0 Å². The summed E-state index contributed by atoms with van der Waals surface area (Å²) in [6.45, 7) is 2.93. The number of nitro groups is 1. The first kappa shape index (κ1) is 21.5. The van der Waals surface area contributed by atoms with E-state index < -0.39 is 0 Å². The number of carbonyl (C=O) groups excluding carboxylic acids is 1. The van der Waals surface area contributed by atoms with Gasteiger partial charge in [-0.1, -0.05) is 24.3 Å². The predicted octanol–water partition coefficient (Wildman–Crippen LogP) is 3.88. The van der Waals surface area contributed by atoms with Crippen molar-refractivity contribution in [1.29, 1.82) is 0 Å². The largest absolute Gasteiger partial charge is 0.368 e. The molecule has 1 fully saturated rings. The van der Waals surface area contributed by atoms with Gasteiger partial charge in [-0.2, -0.15) is 0 Å². The van der Waals surface area contributed by atoms with Crippen LogP contribution in [0, 0.1) is 16.0 Å². The lowest BCUT2D eigenvalue weighted by Crippen LogP contribution is -2.61. The van der Waals surface area contributed by atoms with Gasteiger partial charge in [-0.3, -0.25) is 14.9 Å². The molecule has 1 N–H and O–H groups in total. The summed E-state index contributed by atoms with van der Waals surface area (Å²) in [7, 11) is 0. The van der Waals surface area contributed by atoms with E-state index in [-0.39, 0.29) is 28.5 Å². The summed E-state index contributed by atoms with van der Waals surface area (Å²) in [6, 6.07) is 19.4. The van der Waals surface area contributed by atoms with Gasteiger partial charge in [0, 0.05) is 54.6 Å². The lowest BCUT2D eigenvalue weighted by Gasteiger charge is -2.49. The fraction of sp³-hybridized carbons (Fsp3) is 0.320. The maximum Gasteiger partial charge on any atom is 0.269 e. The normalized spacial score (nSPS) is 19.5. The molecule has 0 spiro atoms. The van der Waals surface area contributed by atoms with E-state index in [2.05, 4.69) is 33.3 Å². The first-order valence-electron chi connectivity index (χ1n) is 11.2. The number of fused-ring (bicyclic) bond motifs is 3. The van der Waals surface area contributed by atoms with E-state index in [1.807, 2.05) is 35.7 Å². The summed E-state index contributed by atoms with van der Waals surface area (Å²) in [5, 5.41) is 16.5. The third kappa shape index (κ3) is 4.43. The van der Waals surface area contributed by atoms with E-state index in [0.717, 1.165) is 43.0 Å². The van der Waals surface area contributed by atoms with Gasteiger partial charge in [-0.15, -0.1) is 11.3 Å². The van der Waals surface area contributed by atoms with Crippen LogP contribution >= 0.6 is 11.3 Å². The van der Waals surface area contributed by atoms with Crippen LogP contribution in [-0.2, 0) is 17.6 Å². The van der Waals surface area contributed by atoms with Gasteiger partial charge in [0.25, 0.3) is 5.69 Å². The molecule has 3 aromatic rings. The second-order valence-electron chi connectivity index (χ2n) is 8.54. The van der Waals surface area contributed by atoms with Crippen LogP contribution in [0.1, 0.15) is 10.4 Å². The molecule has 2 aliphatic heterocycles. The average molecular weight is 463 g/mol. The van der Waals surface area contributed by atoms with Crippen LogP contribution < -0.4 is 15.1 Å². The molecule has 2 atom stereocenters. The molecule has 1 aromatic heterocycles. The van der Waals surface area contributed by atoms with Gasteiger partial charge >= 0.3 is 0 Å². The zero-order chi connectivity index (χ0) is 22.8. The lowest BCUT2D eigenvalue weighted by molar-refractivity contribution is -0.384. The Labute approximate surface area is 196 Å². The molecule has 2 aliphatic rings. The van der Waals surface area contributed by atoms with Crippen molar-refractivity contribution in [2.75, 3.05) is 36.0 Å². The molecule has 7 nitrogen and oxygen atoms in total. The minimum atomic E-state index is -0.365. The number of carbonyl (C=O) groups is 1. The monoisotopic (exact) mass is 462 g/mol. The Hall–Kier alpha value is -3.39. The van der Waals surface area contributed by atoms with Gasteiger partial charge in [0.1, 0.15) is 0 Å². The minimum Gasteiger partial charge on any atom is -0.368 e. The first-order chi connectivity index (χ1) is 16.1. The number of piperazine rings is 1. The Morgan fingerprint density at radius 1 is 1.12 bits per heavy atom. The second kappa shape index (κ2) is 9.23. The van der Waals surface area contributed by atoms with Crippen LogP contribution in [0.15, 0.2) is 66.0 Å². The Kier molecular flexibility index (Phi) is 6.00. The Balaban J connectivity index is 1.40. The number of nitrogens with one attached hydrogen (secondary N) is 1. The van der Waals surface area contributed by atoms with Crippen LogP contribution in [0.2, 0.25) is 0 Å². The Morgan fingerprint density at radius 2 is 1.97 bits per heavy atom. The summed E-state index contributed by atoms with van der Waals surface area (Å²) in [5.74, 6) is -0.247.